The highest BCUT2D eigenvalue weighted by Crippen LogP contribution is 2.54. The van der Waals surface area contributed by atoms with Crippen molar-refractivity contribution in [1.29, 1.82) is 0 Å². The Kier molecular flexibility index (Phi) is 12.0. The first-order valence-corrected chi connectivity index (χ1v) is 17.9. The molecule has 0 amide bonds. The summed E-state index contributed by atoms with van der Waals surface area (Å²) in [5, 5.41) is 1.66. The molecule has 2 atom stereocenters. The van der Waals surface area contributed by atoms with E-state index in [0.717, 1.165) is 6.42 Å². The van der Waals surface area contributed by atoms with Gasteiger partial charge in [0.2, 0.25) is 0 Å². The van der Waals surface area contributed by atoms with Gasteiger partial charge >= 0.3 is 0 Å². The van der Waals surface area contributed by atoms with E-state index in [4.69, 9.17) is 0 Å². The Hall–Kier alpha value is -2.30. The average Bonchev–Trinajstić information content (AvgIpc) is 2.94. The predicted molar refractivity (Wildman–Crippen MR) is 183 cm³/mol. The fourth-order valence-corrected chi connectivity index (χ4v) is 10.5. The summed E-state index contributed by atoms with van der Waals surface area (Å²) in [6.45, 7) is 11.4. The van der Waals surface area contributed by atoms with Gasteiger partial charge in [-0.05, 0) is 85.4 Å². The Morgan fingerprint density at radius 3 is 1.88 bits per heavy atom. The van der Waals surface area contributed by atoms with Crippen LogP contribution in [0.2, 0.25) is 0 Å². The predicted octanol–water partition coefficient (Wildman–Crippen LogP) is 11.8. The fourth-order valence-electron chi connectivity index (χ4n) is 6.70. The molecule has 2 unspecified atom stereocenters. The molecule has 0 N–H and O–H groups in total. The van der Waals surface area contributed by atoms with E-state index in [1.54, 1.807) is 10.9 Å². The summed E-state index contributed by atoms with van der Waals surface area (Å²) in [5.41, 5.74) is 12.2. The van der Waals surface area contributed by atoms with Crippen molar-refractivity contribution in [1.82, 2.24) is 0 Å². The third-order valence-electron chi connectivity index (χ3n) is 8.93. The van der Waals surface area contributed by atoms with Gasteiger partial charge in [0.05, 0.1) is 0 Å². The van der Waals surface area contributed by atoms with Crippen LogP contribution >= 0.6 is 7.55 Å². The lowest BCUT2D eigenvalue weighted by Gasteiger charge is -2.32. The van der Waals surface area contributed by atoms with Gasteiger partial charge < -0.3 is 0 Å². The minimum atomic E-state index is -0.805. The molecule has 40 heavy (non-hydrogen) atoms. The van der Waals surface area contributed by atoms with Crippen LogP contribution in [-0.2, 0) is 0 Å². The first-order valence-electron chi connectivity index (χ1n) is 16.1. The van der Waals surface area contributed by atoms with Gasteiger partial charge in [0.15, 0.2) is 0 Å². The number of hydrogen-bond acceptors (Lipinski definition) is 0. The van der Waals surface area contributed by atoms with Crippen molar-refractivity contribution in [3.05, 3.63) is 112 Å². The van der Waals surface area contributed by atoms with Crippen LogP contribution < -0.4 is 0 Å². The Labute approximate surface area is 246 Å². The van der Waals surface area contributed by atoms with Crippen LogP contribution in [0.3, 0.4) is 0 Å². The molecule has 0 fully saturated rings. The largest absolute Gasteiger partial charge is 0.102 e. The third kappa shape index (κ3) is 8.36. The summed E-state index contributed by atoms with van der Waals surface area (Å²) in [5.74, 6) is 0. The Balaban J connectivity index is 1.64. The summed E-state index contributed by atoms with van der Waals surface area (Å²) in [6, 6.07) is 25.5. The molecule has 0 spiro atoms. The number of aryl methyl sites for hydroxylation is 4. The number of hydrogen-bond donors (Lipinski definition) is 0. The van der Waals surface area contributed by atoms with E-state index in [1.165, 1.54) is 109 Å². The molecule has 1 heteroatoms. The molecule has 0 nitrogen and oxygen atoms in total. The minimum Gasteiger partial charge on any atom is -0.102 e. The van der Waals surface area contributed by atoms with Crippen molar-refractivity contribution in [2.24, 2.45) is 0 Å². The van der Waals surface area contributed by atoms with Crippen molar-refractivity contribution in [3.8, 4) is 0 Å². The number of benzene rings is 3. The van der Waals surface area contributed by atoms with Crippen molar-refractivity contribution in [2.75, 3.05) is 6.16 Å². The summed E-state index contributed by atoms with van der Waals surface area (Å²) in [4.78, 5) is 0. The highest BCUT2D eigenvalue weighted by molar-refractivity contribution is 7.60. The maximum absolute atomic E-state index is 2.62. The number of allylic oxidation sites excluding steroid dienone is 2. The van der Waals surface area contributed by atoms with Gasteiger partial charge in [0, 0.05) is 5.66 Å². The molecule has 4 rings (SSSR count). The zero-order chi connectivity index (χ0) is 28.3. The molecule has 0 saturated carbocycles. The van der Waals surface area contributed by atoms with Crippen molar-refractivity contribution < 1.29 is 0 Å². The molecule has 3 aromatic carbocycles. The monoisotopic (exact) mass is 552 g/mol. The van der Waals surface area contributed by atoms with Crippen LogP contribution in [0, 0.1) is 27.7 Å². The van der Waals surface area contributed by atoms with Crippen LogP contribution in [-0.4, -0.2) is 11.5 Å². The van der Waals surface area contributed by atoms with Crippen LogP contribution in [0.25, 0.3) is 5.57 Å². The SMILES string of the molecule is CCCCCCCCCCCC[PH]1=C(c2ccc(C)cc2C)C=C(c2ccccc2)CC1c1ccc(C)cc1C. The Bertz CT molecular complexity index is 1290. The van der Waals surface area contributed by atoms with Crippen LogP contribution in [0.15, 0.2) is 72.8 Å². The summed E-state index contributed by atoms with van der Waals surface area (Å²) < 4.78 is 0. The molecule has 0 radical (unpaired) electrons. The normalized spacial score (nSPS) is 17.2. The lowest BCUT2D eigenvalue weighted by molar-refractivity contribution is 0.563. The van der Waals surface area contributed by atoms with E-state index in [0.29, 0.717) is 5.66 Å². The van der Waals surface area contributed by atoms with E-state index in [-0.39, 0.29) is 0 Å². The van der Waals surface area contributed by atoms with Crippen molar-refractivity contribution in [2.45, 2.75) is 111 Å². The van der Waals surface area contributed by atoms with E-state index in [1.807, 2.05) is 0 Å². The molecule has 3 aromatic rings. The highest BCUT2D eigenvalue weighted by Gasteiger charge is 2.27. The Morgan fingerprint density at radius 1 is 0.650 bits per heavy atom. The first-order chi connectivity index (χ1) is 19.5. The van der Waals surface area contributed by atoms with E-state index >= 15 is 0 Å². The number of rotatable bonds is 14. The molecular formula is C39H53P. The van der Waals surface area contributed by atoms with Gasteiger partial charge in [-0.2, -0.15) is 0 Å². The number of unbranched alkanes of at least 4 members (excludes halogenated alkanes) is 9. The summed E-state index contributed by atoms with van der Waals surface area (Å²) >= 11 is 0. The molecular weight excluding hydrogens is 499 g/mol. The summed E-state index contributed by atoms with van der Waals surface area (Å²) in [6.07, 6.45) is 19.2. The highest BCUT2D eigenvalue weighted by atomic mass is 31.1. The van der Waals surface area contributed by atoms with Gasteiger partial charge in [-0.15, -0.1) is 7.55 Å². The smallest absolute Gasteiger partial charge is 0.00640 e. The molecule has 0 aliphatic carbocycles. The lowest BCUT2D eigenvalue weighted by Crippen LogP contribution is -2.13. The first kappa shape index (κ1) is 30.7. The van der Waals surface area contributed by atoms with Gasteiger partial charge in [-0.1, -0.05) is 149 Å². The minimum absolute atomic E-state index is 0.611. The lowest BCUT2D eigenvalue weighted by atomic mass is 9.92. The summed E-state index contributed by atoms with van der Waals surface area (Å²) in [7, 11) is -0.805. The molecule has 1 heterocycles. The molecule has 1 aliphatic rings. The van der Waals surface area contributed by atoms with E-state index in [2.05, 4.69) is 107 Å². The van der Waals surface area contributed by atoms with Crippen molar-refractivity contribution in [3.63, 3.8) is 0 Å². The van der Waals surface area contributed by atoms with Gasteiger partial charge in [-0.25, -0.2) is 0 Å². The molecule has 0 aromatic heterocycles. The quantitative estimate of drug-likeness (QED) is 0.138. The maximum atomic E-state index is 2.62. The standard InChI is InChI=1S/C39H53P/c1-6-7-8-9-10-11-12-13-14-18-25-40-38(36-23-21-30(2)26-32(36)4)28-35(34-19-16-15-17-20-34)29-39(40)37-24-22-31(3)27-33(37)5/h15-17,19-24,26-28,39-40H,6-14,18,25,29H2,1-5H3. The second-order valence-electron chi connectivity index (χ2n) is 12.3. The fraction of sp³-hybridized carbons (Fsp3) is 0.462. The third-order valence-corrected chi connectivity index (χ3v) is 12.3. The van der Waals surface area contributed by atoms with Gasteiger partial charge in [0.1, 0.15) is 0 Å². The molecule has 0 saturated heterocycles. The van der Waals surface area contributed by atoms with Crippen LogP contribution in [0.5, 0.6) is 0 Å². The van der Waals surface area contributed by atoms with E-state index in [9.17, 15) is 0 Å². The molecule has 0 bridgehead atoms. The van der Waals surface area contributed by atoms with Crippen LogP contribution in [0.1, 0.15) is 122 Å². The maximum Gasteiger partial charge on any atom is 0.00640 e. The van der Waals surface area contributed by atoms with Gasteiger partial charge in [0.25, 0.3) is 0 Å². The van der Waals surface area contributed by atoms with Crippen molar-refractivity contribution >= 4 is 18.4 Å². The average molecular weight is 553 g/mol. The zero-order valence-electron chi connectivity index (χ0n) is 26.0. The zero-order valence-corrected chi connectivity index (χ0v) is 27.0. The van der Waals surface area contributed by atoms with E-state index < -0.39 is 7.55 Å². The Morgan fingerprint density at radius 2 is 1.25 bits per heavy atom. The molecule has 214 valence electrons. The van der Waals surface area contributed by atoms with Gasteiger partial charge in [-0.3, -0.25) is 0 Å². The second kappa shape index (κ2) is 15.6. The topological polar surface area (TPSA) is 0 Å². The molecule has 1 aliphatic heterocycles. The second-order valence-corrected chi connectivity index (χ2v) is 15.1. The van der Waals surface area contributed by atoms with Crippen LogP contribution in [0.4, 0.5) is 0 Å².